The van der Waals surface area contributed by atoms with Crippen LogP contribution in [0.5, 0.6) is 6.01 Å². The normalized spacial score (nSPS) is 25.2. The summed E-state index contributed by atoms with van der Waals surface area (Å²) in [4.78, 5) is 18.3. The molecule has 1 N–H and O–H groups in total. The Morgan fingerprint density at radius 3 is 2.67 bits per heavy atom. The minimum absolute atomic E-state index is 0.00254. The molecule has 10 heteroatoms. The lowest BCUT2D eigenvalue weighted by molar-refractivity contribution is 0.0461. The Morgan fingerprint density at radius 1 is 1.16 bits per heavy atom. The maximum absolute atomic E-state index is 16.8. The number of aromatic nitrogens is 3. The molecule has 0 aliphatic carbocycles. The SMILES string of the molecule is C#Cc1c(F)ccc2cccc(-c3ncc4c(N5C[C@H]6CC[C@@H](C5)N6)nc(O[C@@H](C)[C@]5(C)CN(C)CC/C5=C\F)nc4c3F)c12. The summed E-state index contributed by atoms with van der Waals surface area (Å²) < 4.78 is 52.1. The summed E-state index contributed by atoms with van der Waals surface area (Å²) in [6.45, 7) is 6.59. The molecule has 2 bridgehead atoms. The number of nitrogens with zero attached hydrogens (tertiary/aromatic N) is 5. The highest BCUT2D eigenvalue weighted by Crippen LogP contribution is 2.41. The second-order valence-corrected chi connectivity index (χ2v) is 12.8. The highest BCUT2D eigenvalue weighted by molar-refractivity contribution is 6.02. The van der Waals surface area contributed by atoms with E-state index in [2.05, 4.69) is 31.0 Å². The number of nitrogens with one attached hydrogen (secondary N) is 1. The lowest BCUT2D eigenvalue weighted by Crippen LogP contribution is -2.51. The molecule has 3 aliphatic rings. The van der Waals surface area contributed by atoms with Crippen LogP contribution in [0.3, 0.4) is 0 Å². The number of anilines is 1. The first-order valence-electron chi connectivity index (χ1n) is 15.4. The molecule has 3 aliphatic heterocycles. The Labute approximate surface area is 260 Å². The van der Waals surface area contributed by atoms with E-state index < -0.39 is 23.2 Å². The third kappa shape index (κ3) is 4.99. The molecule has 3 saturated heterocycles. The highest BCUT2D eigenvalue weighted by Gasteiger charge is 2.41. The number of piperidine rings is 1. The van der Waals surface area contributed by atoms with Crippen molar-refractivity contribution in [2.24, 2.45) is 5.41 Å². The Morgan fingerprint density at radius 2 is 1.93 bits per heavy atom. The molecule has 2 aromatic heterocycles. The van der Waals surface area contributed by atoms with Crippen LogP contribution < -0.4 is 15.0 Å². The Balaban J connectivity index is 1.39. The molecule has 45 heavy (non-hydrogen) atoms. The van der Waals surface area contributed by atoms with Crippen LogP contribution in [0, 0.1) is 29.4 Å². The summed E-state index contributed by atoms with van der Waals surface area (Å²) in [6.07, 6.45) is 10.1. The Kier molecular flexibility index (Phi) is 7.41. The van der Waals surface area contributed by atoms with Gasteiger partial charge in [0.15, 0.2) is 5.82 Å². The summed E-state index contributed by atoms with van der Waals surface area (Å²) in [7, 11) is 2.00. The van der Waals surface area contributed by atoms with E-state index in [9.17, 15) is 8.78 Å². The van der Waals surface area contributed by atoms with E-state index in [-0.39, 0.29) is 22.8 Å². The summed E-state index contributed by atoms with van der Waals surface area (Å²) in [5.41, 5.74) is 0.478. The third-order valence-corrected chi connectivity index (χ3v) is 9.96. The minimum atomic E-state index is -0.681. The number of rotatable bonds is 5. The fourth-order valence-electron chi connectivity index (χ4n) is 7.36. The molecule has 2 aromatic carbocycles. The van der Waals surface area contributed by atoms with Crippen LogP contribution in [-0.2, 0) is 0 Å². The van der Waals surface area contributed by atoms with E-state index in [1.54, 1.807) is 30.5 Å². The van der Waals surface area contributed by atoms with Gasteiger partial charge in [0.05, 0.1) is 17.3 Å². The van der Waals surface area contributed by atoms with Gasteiger partial charge in [0, 0.05) is 60.8 Å². The number of benzene rings is 2. The number of pyridine rings is 1. The van der Waals surface area contributed by atoms with E-state index in [4.69, 9.17) is 16.1 Å². The van der Waals surface area contributed by atoms with E-state index in [0.717, 1.165) is 19.4 Å². The molecule has 0 spiro atoms. The van der Waals surface area contributed by atoms with Gasteiger partial charge >= 0.3 is 6.01 Å². The molecule has 0 saturated carbocycles. The predicted molar refractivity (Wildman–Crippen MR) is 170 cm³/mol. The van der Waals surface area contributed by atoms with Gasteiger partial charge in [0.1, 0.15) is 28.9 Å². The maximum Gasteiger partial charge on any atom is 0.319 e. The van der Waals surface area contributed by atoms with Gasteiger partial charge in [0.25, 0.3) is 0 Å². The monoisotopic (exact) mass is 612 g/mol. The van der Waals surface area contributed by atoms with Gasteiger partial charge in [0.2, 0.25) is 0 Å². The molecule has 7 rings (SSSR count). The van der Waals surface area contributed by atoms with E-state index >= 15 is 4.39 Å². The number of ether oxygens (including phenoxy) is 1. The second-order valence-electron chi connectivity index (χ2n) is 12.8. The van der Waals surface area contributed by atoms with E-state index in [0.29, 0.717) is 77.6 Å². The van der Waals surface area contributed by atoms with Crippen molar-refractivity contribution in [2.75, 3.05) is 38.1 Å². The van der Waals surface area contributed by atoms with Crippen LogP contribution in [0.25, 0.3) is 32.9 Å². The van der Waals surface area contributed by atoms with Crippen LogP contribution in [0.4, 0.5) is 19.0 Å². The summed E-state index contributed by atoms with van der Waals surface area (Å²) in [6, 6.07) is 8.78. The number of halogens is 3. The standard InChI is InChI=1S/C35H35F3N6O/c1-5-25-28(37)12-9-21-7-6-8-26(29(21)25)31-30(38)32-27(16-39-31)33(44-17-23-10-11-24(18-44)40-23)42-34(41-32)45-20(2)35(3)19-43(4)14-13-22(35)15-36/h1,6-9,12,15-16,20,23-24,40H,10-11,13-14,17-19H2,2-4H3/b22-15+/t20-,23-,24+,35-/m0/s1. The van der Waals surface area contributed by atoms with Crippen molar-refractivity contribution in [3.63, 3.8) is 0 Å². The Bertz CT molecular complexity index is 1880. The summed E-state index contributed by atoms with van der Waals surface area (Å²) in [5.74, 6) is 1.72. The quantitative estimate of drug-likeness (QED) is 0.277. The molecular formula is C35H35F3N6O. The van der Waals surface area contributed by atoms with Crippen molar-refractivity contribution in [3.05, 3.63) is 65.6 Å². The maximum atomic E-state index is 16.8. The lowest BCUT2D eigenvalue weighted by atomic mass is 9.74. The smallest absolute Gasteiger partial charge is 0.319 e. The number of hydrogen-bond donors (Lipinski definition) is 1. The number of terminal acetylenes is 1. The van der Waals surface area contributed by atoms with E-state index in [1.165, 1.54) is 6.07 Å². The molecule has 4 atom stereocenters. The number of fused-ring (bicyclic) bond motifs is 4. The molecule has 4 aromatic rings. The first-order valence-corrected chi connectivity index (χ1v) is 15.4. The third-order valence-electron chi connectivity index (χ3n) is 9.96. The topological polar surface area (TPSA) is 66.4 Å². The zero-order valence-corrected chi connectivity index (χ0v) is 25.6. The number of hydrogen-bond acceptors (Lipinski definition) is 7. The van der Waals surface area contributed by atoms with Gasteiger partial charge in [-0.15, -0.1) is 6.42 Å². The number of likely N-dealkylation sites (tertiary alicyclic amines) is 1. The molecule has 0 unspecified atom stereocenters. The van der Waals surface area contributed by atoms with Gasteiger partial charge in [-0.1, -0.05) is 37.1 Å². The summed E-state index contributed by atoms with van der Waals surface area (Å²) in [5, 5.41) is 5.15. The van der Waals surface area contributed by atoms with Gasteiger partial charge in [-0.3, -0.25) is 4.98 Å². The molecule has 5 heterocycles. The van der Waals surface area contributed by atoms with Crippen molar-refractivity contribution >= 4 is 27.5 Å². The van der Waals surface area contributed by atoms with Crippen LogP contribution >= 0.6 is 0 Å². The molecule has 232 valence electrons. The van der Waals surface area contributed by atoms with Crippen molar-refractivity contribution in [1.82, 2.24) is 25.2 Å². The van der Waals surface area contributed by atoms with Gasteiger partial charge < -0.3 is 19.9 Å². The predicted octanol–water partition coefficient (Wildman–Crippen LogP) is 6.01. The zero-order chi connectivity index (χ0) is 31.5. The van der Waals surface area contributed by atoms with Crippen LogP contribution in [0.2, 0.25) is 0 Å². The molecular weight excluding hydrogens is 577 g/mol. The summed E-state index contributed by atoms with van der Waals surface area (Å²) >= 11 is 0. The highest BCUT2D eigenvalue weighted by atomic mass is 19.1. The van der Waals surface area contributed by atoms with Gasteiger partial charge in [-0.05, 0) is 50.3 Å². The van der Waals surface area contributed by atoms with E-state index in [1.807, 2.05) is 20.9 Å². The van der Waals surface area contributed by atoms with Crippen molar-refractivity contribution in [1.29, 1.82) is 0 Å². The first-order chi connectivity index (χ1) is 21.7. The van der Waals surface area contributed by atoms with Crippen molar-refractivity contribution in [3.8, 4) is 29.6 Å². The average molecular weight is 613 g/mol. The van der Waals surface area contributed by atoms with Crippen molar-refractivity contribution in [2.45, 2.75) is 51.3 Å². The largest absolute Gasteiger partial charge is 0.459 e. The lowest BCUT2D eigenvalue weighted by Gasteiger charge is -2.43. The fourth-order valence-corrected chi connectivity index (χ4v) is 7.36. The van der Waals surface area contributed by atoms with Gasteiger partial charge in [-0.2, -0.15) is 9.97 Å². The van der Waals surface area contributed by atoms with Crippen LogP contribution in [0.1, 0.15) is 38.7 Å². The minimum Gasteiger partial charge on any atom is -0.459 e. The molecule has 0 radical (unpaired) electrons. The van der Waals surface area contributed by atoms with Crippen LogP contribution in [0.15, 0.2) is 48.4 Å². The fraction of sp³-hybridized carbons (Fsp3) is 0.400. The second kappa shape index (κ2) is 11.3. The number of piperazine rings is 1. The zero-order valence-electron chi connectivity index (χ0n) is 25.6. The molecule has 0 amide bonds. The average Bonchev–Trinajstić information content (AvgIpc) is 3.37. The Hall–Kier alpha value is -4.20. The van der Waals surface area contributed by atoms with Gasteiger partial charge in [-0.25, -0.2) is 13.2 Å². The van der Waals surface area contributed by atoms with Crippen molar-refractivity contribution < 1.29 is 17.9 Å². The molecule has 3 fully saturated rings. The van der Waals surface area contributed by atoms with Crippen LogP contribution in [-0.4, -0.2) is 71.3 Å². The molecule has 7 nitrogen and oxygen atoms in total. The first kappa shape index (κ1) is 29.5.